The standard InChI is InChI=1S/C22H26ClN3O3.C2HF3O2/c1-29-20-4-2-3-17(15-20)16-26(22(28)18-5-7-19(23)8-6-18)12-9-21(27)25-13-10-24-11-14-25;3-2(4,5)1(6)7/h2-8,15,24H,9-14,16H2,1H3;(H,6,7). The molecule has 2 N–H and O–H groups in total. The van der Waals surface area contributed by atoms with Crippen LogP contribution in [0, 0.1) is 0 Å². The molecule has 1 aliphatic rings. The van der Waals surface area contributed by atoms with Crippen LogP contribution in [0.25, 0.3) is 0 Å². The number of nitrogens with zero attached hydrogens (tertiary/aromatic N) is 2. The van der Waals surface area contributed by atoms with E-state index in [1.54, 1.807) is 36.3 Å². The second-order valence-corrected chi connectivity index (χ2v) is 8.21. The van der Waals surface area contributed by atoms with Crippen LogP contribution in [0.4, 0.5) is 13.2 Å². The summed E-state index contributed by atoms with van der Waals surface area (Å²) >= 11 is 5.95. The Morgan fingerprint density at radius 1 is 1.11 bits per heavy atom. The molecule has 2 aromatic rings. The van der Waals surface area contributed by atoms with Crippen LogP contribution in [0.5, 0.6) is 5.75 Å². The van der Waals surface area contributed by atoms with Crippen molar-refractivity contribution < 1.29 is 37.4 Å². The van der Waals surface area contributed by atoms with Gasteiger partial charge in [0.1, 0.15) is 5.75 Å². The van der Waals surface area contributed by atoms with Crippen molar-refractivity contribution in [2.45, 2.75) is 19.1 Å². The average molecular weight is 530 g/mol. The summed E-state index contributed by atoms with van der Waals surface area (Å²) in [7, 11) is 1.61. The summed E-state index contributed by atoms with van der Waals surface area (Å²) in [6, 6.07) is 14.4. The molecule has 1 aliphatic heterocycles. The van der Waals surface area contributed by atoms with Gasteiger partial charge in [-0.15, -0.1) is 0 Å². The fourth-order valence-electron chi connectivity index (χ4n) is 3.32. The molecule has 1 fully saturated rings. The second-order valence-electron chi connectivity index (χ2n) is 7.77. The Hall–Kier alpha value is -3.31. The third-order valence-corrected chi connectivity index (χ3v) is 5.45. The summed E-state index contributed by atoms with van der Waals surface area (Å²) < 4.78 is 37.0. The topological polar surface area (TPSA) is 99.2 Å². The van der Waals surface area contributed by atoms with Gasteiger partial charge in [0.25, 0.3) is 5.91 Å². The SMILES string of the molecule is COc1cccc(CN(CCC(=O)N2CCNCC2)C(=O)c2ccc(Cl)cc2)c1.O=C(O)C(F)(F)F. The summed E-state index contributed by atoms with van der Waals surface area (Å²) in [5.41, 5.74) is 1.49. The molecule has 0 radical (unpaired) electrons. The number of methoxy groups -OCH3 is 1. The fourth-order valence-corrected chi connectivity index (χ4v) is 3.45. The Bertz CT molecular complexity index is 1030. The molecule has 0 atom stereocenters. The highest BCUT2D eigenvalue weighted by Gasteiger charge is 2.38. The number of carboxylic acids is 1. The van der Waals surface area contributed by atoms with E-state index in [0.717, 1.165) is 24.4 Å². The second kappa shape index (κ2) is 13.7. The van der Waals surface area contributed by atoms with Gasteiger partial charge in [0.2, 0.25) is 5.91 Å². The van der Waals surface area contributed by atoms with E-state index in [4.69, 9.17) is 26.2 Å². The molecule has 0 bridgehead atoms. The van der Waals surface area contributed by atoms with Crippen LogP contribution in [0.1, 0.15) is 22.3 Å². The normalized spacial score (nSPS) is 13.3. The van der Waals surface area contributed by atoms with Gasteiger partial charge in [-0.25, -0.2) is 4.79 Å². The van der Waals surface area contributed by atoms with Crippen LogP contribution >= 0.6 is 11.6 Å². The molecule has 0 aromatic heterocycles. The smallest absolute Gasteiger partial charge is 0.490 e. The zero-order chi connectivity index (χ0) is 26.7. The fraction of sp³-hybridized carbons (Fsp3) is 0.375. The third-order valence-electron chi connectivity index (χ3n) is 5.19. The van der Waals surface area contributed by atoms with Crippen LogP contribution in [-0.4, -0.2) is 78.7 Å². The molecule has 3 rings (SSSR count). The van der Waals surface area contributed by atoms with Crippen LogP contribution in [-0.2, 0) is 16.1 Å². The molecule has 196 valence electrons. The number of hydrogen-bond donors (Lipinski definition) is 2. The first-order valence-electron chi connectivity index (χ1n) is 11.0. The zero-order valence-electron chi connectivity index (χ0n) is 19.6. The lowest BCUT2D eigenvalue weighted by molar-refractivity contribution is -0.192. The van der Waals surface area contributed by atoms with Crippen molar-refractivity contribution in [1.82, 2.24) is 15.1 Å². The Balaban J connectivity index is 0.000000572. The van der Waals surface area contributed by atoms with Gasteiger partial charge >= 0.3 is 12.1 Å². The van der Waals surface area contributed by atoms with Gasteiger partial charge in [-0.3, -0.25) is 9.59 Å². The predicted octanol–water partition coefficient (Wildman–Crippen LogP) is 3.45. The van der Waals surface area contributed by atoms with Gasteiger partial charge in [-0.1, -0.05) is 23.7 Å². The largest absolute Gasteiger partial charge is 0.497 e. The van der Waals surface area contributed by atoms with Gasteiger partial charge in [-0.05, 0) is 42.0 Å². The summed E-state index contributed by atoms with van der Waals surface area (Å²) in [5, 5.41) is 10.9. The first-order valence-corrected chi connectivity index (χ1v) is 11.4. The van der Waals surface area contributed by atoms with Crippen molar-refractivity contribution in [2.75, 3.05) is 39.8 Å². The molecule has 12 heteroatoms. The number of aliphatic carboxylic acids is 1. The Morgan fingerprint density at radius 3 is 2.28 bits per heavy atom. The highest BCUT2D eigenvalue weighted by Crippen LogP contribution is 2.18. The number of hydrogen-bond acceptors (Lipinski definition) is 5. The van der Waals surface area contributed by atoms with Crippen LogP contribution in [0.15, 0.2) is 48.5 Å². The van der Waals surface area contributed by atoms with E-state index in [0.29, 0.717) is 43.2 Å². The predicted molar refractivity (Wildman–Crippen MR) is 127 cm³/mol. The number of benzene rings is 2. The van der Waals surface area contributed by atoms with Crippen LogP contribution in [0.3, 0.4) is 0 Å². The van der Waals surface area contributed by atoms with E-state index in [9.17, 15) is 22.8 Å². The van der Waals surface area contributed by atoms with Crippen LogP contribution < -0.4 is 10.1 Å². The lowest BCUT2D eigenvalue weighted by Gasteiger charge is -2.29. The molecule has 36 heavy (non-hydrogen) atoms. The maximum Gasteiger partial charge on any atom is 0.490 e. The average Bonchev–Trinajstić information content (AvgIpc) is 2.86. The van der Waals surface area contributed by atoms with Crippen molar-refractivity contribution in [3.8, 4) is 5.75 Å². The summed E-state index contributed by atoms with van der Waals surface area (Å²) in [6.07, 6.45) is -4.79. The van der Waals surface area contributed by atoms with Gasteiger partial charge in [-0.2, -0.15) is 13.2 Å². The summed E-state index contributed by atoms with van der Waals surface area (Å²) in [5.74, 6) is -2.07. The molecule has 1 saturated heterocycles. The summed E-state index contributed by atoms with van der Waals surface area (Å²) in [4.78, 5) is 38.2. The summed E-state index contributed by atoms with van der Waals surface area (Å²) in [6.45, 7) is 3.78. The number of ether oxygens (including phenoxy) is 1. The number of nitrogens with one attached hydrogen (secondary N) is 1. The first-order chi connectivity index (χ1) is 17.0. The van der Waals surface area contributed by atoms with Crippen LogP contribution in [0.2, 0.25) is 5.02 Å². The maximum absolute atomic E-state index is 13.1. The molecular weight excluding hydrogens is 503 g/mol. The quantitative estimate of drug-likeness (QED) is 0.570. The number of carbonyl (C=O) groups excluding carboxylic acids is 2. The lowest BCUT2D eigenvalue weighted by Crippen LogP contribution is -2.47. The number of piperazine rings is 1. The number of alkyl halides is 3. The third kappa shape index (κ3) is 9.38. The minimum atomic E-state index is -5.08. The first kappa shape index (κ1) is 28.9. The monoisotopic (exact) mass is 529 g/mol. The van der Waals surface area contributed by atoms with E-state index in [-0.39, 0.29) is 11.8 Å². The Labute approximate surface area is 211 Å². The Morgan fingerprint density at radius 2 is 1.72 bits per heavy atom. The molecule has 2 amide bonds. The highest BCUT2D eigenvalue weighted by atomic mass is 35.5. The maximum atomic E-state index is 13.1. The van der Waals surface area contributed by atoms with E-state index in [1.165, 1.54) is 0 Å². The number of amides is 2. The molecule has 1 heterocycles. The van der Waals surface area contributed by atoms with E-state index >= 15 is 0 Å². The van der Waals surface area contributed by atoms with Gasteiger partial charge in [0, 0.05) is 56.3 Å². The Kier molecular flexibility index (Phi) is 11.0. The van der Waals surface area contributed by atoms with Gasteiger partial charge in [0.05, 0.1) is 7.11 Å². The molecule has 0 unspecified atom stereocenters. The molecule has 2 aromatic carbocycles. The van der Waals surface area contributed by atoms with Gasteiger partial charge in [0.15, 0.2) is 0 Å². The molecule has 0 spiro atoms. The number of carbonyl (C=O) groups is 3. The molecular formula is C24H27ClF3N3O5. The van der Waals surface area contributed by atoms with Crippen molar-refractivity contribution in [2.24, 2.45) is 0 Å². The van der Waals surface area contributed by atoms with E-state index in [2.05, 4.69) is 5.32 Å². The van der Waals surface area contributed by atoms with Crippen molar-refractivity contribution in [1.29, 1.82) is 0 Å². The molecule has 8 nitrogen and oxygen atoms in total. The molecule has 0 saturated carbocycles. The number of halogens is 4. The highest BCUT2D eigenvalue weighted by molar-refractivity contribution is 6.30. The van der Waals surface area contributed by atoms with Crippen molar-refractivity contribution >= 4 is 29.4 Å². The van der Waals surface area contributed by atoms with E-state index < -0.39 is 12.1 Å². The van der Waals surface area contributed by atoms with Crippen molar-refractivity contribution in [3.05, 3.63) is 64.7 Å². The number of carboxylic acid groups (broad SMARTS) is 1. The lowest BCUT2D eigenvalue weighted by atomic mass is 10.1. The number of rotatable bonds is 7. The van der Waals surface area contributed by atoms with E-state index in [1.807, 2.05) is 29.2 Å². The van der Waals surface area contributed by atoms with Gasteiger partial charge < -0.3 is 25.0 Å². The molecule has 0 aliphatic carbocycles. The van der Waals surface area contributed by atoms with Crippen molar-refractivity contribution in [3.63, 3.8) is 0 Å². The minimum Gasteiger partial charge on any atom is -0.497 e. The minimum absolute atomic E-state index is 0.0750. The zero-order valence-corrected chi connectivity index (χ0v) is 20.3.